The Morgan fingerprint density at radius 3 is 2.65 bits per heavy atom. The second kappa shape index (κ2) is 9.12. The number of H-pyrrole nitrogens is 1. The number of benzene rings is 1. The summed E-state index contributed by atoms with van der Waals surface area (Å²) in [6.07, 6.45) is 5.63. The SMILES string of the molecule is CCOC(=O)C1CCN(C(=O)CN(C)C(=O)c2cccc3c4c([nH]c23)CCCC4)CC1. The average Bonchev–Trinajstić information content (AvgIpc) is 3.17. The maximum absolute atomic E-state index is 13.2. The van der Waals surface area contributed by atoms with E-state index in [2.05, 4.69) is 11.1 Å². The molecule has 1 saturated heterocycles. The first kappa shape index (κ1) is 21.4. The third kappa shape index (κ3) is 4.31. The number of amides is 2. The molecule has 2 heterocycles. The van der Waals surface area contributed by atoms with Gasteiger partial charge in [-0.1, -0.05) is 12.1 Å². The quantitative estimate of drug-likeness (QED) is 0.747. The lowest BCUT2D eigenvalue weighted by Crippen LogP contribution is -2.45. The number of nitrogens with zero attached hydrogens (tertiary/aromatic N) is 2. The van der Waals surface area contributed by atoms with E-state index in [1.807, 2.05) is 12.1 Å². The number of nitrogens with one attached hydrogen (secondary N) is 1. The van der Waals surface area contributed by atoms with Crippen molar-refractivity contribution in [2.24, 2.45) is 5.92 Å². The number of carbonyl (C=O) groups excluding carboxylic acids is 3. The molecule has 2 aromatic rings. The molecule has 1 aliphatic heterocycles. The first-order chi connectivity index (χ1) is 15.0. The Labute approximate surface area is 182 Å². The molecule has 0 radical (unpaired) electrons. The highest BCUT2D eigenvalue weighted by molar-refractivity contribution is 6.07. The summed E-state index contributed by atoms with van der Waals surface area (Å²) in [4.78, 5) is 44.6. The molecule has 0 spiro atoms. The highest BCUT2D eigenvalue weighted by Gasteiger charge is 2.29. The monoisotopic (exact) mass is 425 g/mol. The average molecular weight is 426 g/mol. The highest BCUT2D eigenvalue weighted by Crippen LogP contribution is 2.31. The van der Waals surface area contributed by atoms with Crippen LogP contribution in [-0.2, 0) is 27.2 Å². The standard InChI is InChI=1S/C24H31N3O4/c1-3-31-24(30)16-11-13-27(14-12-16)21(28)15-26(2)23(29)19-9-6-8-18-17-7-4-5-10-20(17)25-22(18)19/h6,8-9,16,25H,3-5,7,10-15H2,1-2H3. The van der Waals surface area contributed by atoms with Gasteiger partial charge < -0.3 is 19.5 Å². The van der Waals surface area contributed by atoms with Gasteiger partial charge in [0.1, 0.15) is 0 Å². The largest absolute Gasteiger partial charge is 0.466 e. The fourth-order valence-electron chi connectivity index (χ4n) is 4.81. The van der Waals surface area contributed by atoms with Gasteiger partial charge in [0.05, 0.1) is 30.1 Å². The minimum atomic E-state index is -0.177. The first-order valence-corrected chi connectivity index (χ1v) is 11.3. The number of esters is 1. The number of piperidine rings is 1. The second-order valence-corrected chi connectivity index (χ2v) is 8.59. The van der Waals surface area contributed by atoms with Crippen molar-refractivity contribution in [3.8, 4) is 0 Å². The zero-order valence-electron chi connectivity index (χ0n) is 18.4. The van der Waals surface area contributed by atoms with Crippen molar-refractivity contribution >= 4 is 28.7 Å². The van der Waals surface area contributed by atoms with Crippen molar-refractivity contribution in [3.63, 3.8) is 0 Å². The smallest absolute Gasteiger partial charge is 0.309 e. The summed E-state index contributed by atoms with van der Waals surface area (Å²) in [7, 11) is 1.67. The zero-order valence-corrected chi connectivity index (χ0v) is 18.4. The molecule has 1 aromatic carbocycles. The summed E-state index contributed by atoms with van der Waals surface area (Å²) < 4.78 is 5.09. The molecule has 0 bridgehead atoms. The fraction of sp³-hybridized carbons (Fsp3) is 0.542. The number of para-hydroxylation sites is 1. The van der Waals surface area contributed by atoms with Crippen LogP contribution >= 0.6 is 0 Å². The number of aromatic amines is 1. The summed E-state index contributed by atoms with van der Waals surface area (Å²) >= 11 is 0. The minimum Gasteiger partial charge on any atom is -0.466 e. The summed E-state index contributed by atoms with van der Waals surface area (Å²) in [6, 6.07) is 5.83. The van der Waals surface area contributed by atoms with Gasteiger partial charge in [0.2, 0.25) is 5.91 Å². The Morgan fingerprint density at radius 2 is 1.90 bits per heavy atom. The second-order valence-electron chi connectivity index (χ2n) is 8.59. The van der Waals surface area contributed by atoms with Gasteiger partial charge in [-0.05, 0) is 57.1 Å². The molecule has 2 amide bonds. The van der Waals surface area contributed by atoms with Gasteiger partial charge in [0.25, 0.3) is 5.91 Å². The molecule has 1 N–H and O–H groups in total. The topological polar surface area (TPSA) is 82.7 Å². The number of aromatic nitrogens is 1. The number of aryl methyl sites for hydroxylation is 2. The number of rotatable bonds is 5. The van der Waals surface area contributed by atoms with Crippen LogP contribution in [0.1, 0.15) is 54.2 Å². The van der Waals surface area contributed by atoms with E-state index in [0.717, 1.165) is 23.7 Å². The first-order valence-electron chi connectivity index (χ1n) is 11.3. The molecule has 166 valence electrons. The Hall–Kier alpha value is -2.83. The maximum Gasteiger partial charge on any atom is 0.309 e. The fourth-order valence-corrected chi connectivity index (χ4v) is 4.81. The Kier molecular flexibility index (Phi) is 6.30. The molecule has 1 aliphatic carbocycles. The molecule has 7 nitrogen and oxygen atoms in total. The molecule has 0 unspecified atom stereocenters. The van der Waals surface area contributed by atoms with Gasteiger partial charge in [-0.3, -0.25) is 14.4 Å². The van der Waals surface area contributed by atoms with Crippen molar-refractivity contribution in [1.29, 1.82) is 0 Å². The van der Waals surface area contributed by atoms with E-state index >= 15 is 0 Å². The van der Waals surface area contributed by atoms with Crippen molar-refractivity contribution in [2.75, 3.05) is 33.3 Å². The molecule has 0 atom stereocenters. The van der Waals surface area contributed by atoms with Crippen LogP contribution in [0.4, 0.5) is 0 Å². The van der Waals surface area contributed by atoms with E-state index in [1.165, 1.54) is 29.0 Å². The Morgan fingerprint density at radius 1 is 1.16 bits per heavy atom. The van der Waals surface area contributed by atoms with Crippen LogP contribution in [0.3, 0.4) is 0 Å². The number of likely N-dealkylation sites (tertiary alicyclic amines) is 1. The van der Waals surface area contributed by atoms with E-state index in [1.54, 1.807) is 18.9 Å². The zero-order chi connectivity index (χ0) is 22.0. The van der Waals surface area contributed by atoms with Crippen LogP contribution in [0.5, 0.6) is 0 Å². The van der Waals surface area contributed by atoms with Gasteiger partial charge in [-0.2, -0.15) is 0 Å². The number of hydrogen-bond acceptors (Lipinski definition) is 4. The predicted molar refractivity (Wildman–Crippen MR) is 118 cm³/mol. The lowest BCUT2D eigenvalue weighted by molar-refractivity contribution is -0.151. The van der Waals surface area contributed by atoms with E-state index in [9.17, 15) is 14.4 Å². The van der Waals surface area contributed by atoms with Crippen molar-refractivity contribution in [1.82, 2.24) is 14.8 Å². The van der Waals surface area contributed by atoms with Gasteiger partial charge in [0.15, 0.2) is 0 Å². The van der Waals surface area contributed by atoms with Crippen molar-refractivity contribution < 1.29 is 19.1 Å². The van der Waals surface area contributed by atoms with Crippen molar-refractivity contribution in [2.45, 2.75) is 45.4 Å². The number of hydrogen-bond donors (Lipinski definition) is 1. The summed E-state index contributed by atoms with van der Waals surface area (Å²) in [5.74, 6) is -0.557. The third-order valence-electron chi connectivity index (χ3n) is 6.55. The molecule has 31 heavy (non-hydrogen) atoms. The van der Waals surface area contributed by atoms with Crippen LogP contribution in [-0.4, -0.2) is 65.9 Å². The lowest BCUT2D eigenvalue weighted by Gasteiger charge is -2.32. The molecule has 2 aliphatic rings. The molecular weight excluding hydrogens is 394 g/mol. The van der Waals surface area contributed by atoms with Crippen LogP contribution in [0.2, 0.25) is 0 Å². The van der Waals surface area contributed by atoms with Crippen LogP contribution in [0.15, 0.2) is 18.2 Å². The Balaban J connectivity index is 1.41. The van der Waals surface area contributed by atoms with Gasteiger partial charge in [-0.15, -0.1) is 0 Å². The molecule has 1 fully saturated rings. The number of fused-ring (bicyclic) bond motifs is 3. The van der Waals surface area contributed by atoms with E-state index < -0.39 is 0 Å². The van der Waals surface area contributed by atoms with Crippen molar-refractivity contribution in [3.05, 3.63) is 35.0 Å². The van der Waals surface area contributed by atoms with Gasteiger partial charge >= 0.3 is 5.97 Å². The van der Waals surface area contributed by atoms with Gasteiger partial charge in [-0.25, -0.2) is 0 Å². The van der Waals surface area contributed by atoms with Gasteiger partial charge in [0, 0.05) is 31.2 Å². The molecule has 1 aromatic heterocycles. The maximum atomic E-state index is 13.2. The third-order valence-corrected chi connectivity index (χ3v) is 6.55. The minimum absolute atomic E-state index is 0.0275. The van der Waals surface area contributed by atoms with Crippen LogP contribution in [0.25, 0.3) is 10.9 Å². The normalized spacial score (nSPS) is 16.8. The van der Waals surface area contributed by atoms with E-state index in [-0.39, 0.29) is 30.2 Å². The summed E-state index contributed by atoms with van der Waals surface area (Å²) in [5.41, 5.74) is 4.07. The Bertz CT molecular complexity index is 988. The molecule has 4 rings (SSSR count). The molecule has 7 heteroatoms. The number of carbonyl (C=O) groups is 3. The molecular formula is C24H31N3O4. The summed E-state index contributed by atoms with van der Waals surface area (Å²) in [6.45, 7) is 3.24. The lowest BCUT2D eigenvalue weighted by atomic mass is 9.95. The number of likely N-dealkylation sites (N-methyl/N-ethyl adjacent to an activating group) is 1. The number of ether oxygens (including phenoxy) is 1. The van der Waals surface area contributed by atoms with Crippen LogP contribution in [0, 0.1) is 5.92 Å². The predicted octanol–water partition coefficient (Wildman–Crippen LogP) is 2.92. The van der Waals surface area contributed by atoms with E-state index in [0.29, 0.717) is 38.1 Å². The summed E-state index contributed by atoms with van der Waals surface area (Å²) in [5, 5.41) is 1.13. The van der Waals surface area contributed by atoms with E-state index in [4.69, 9.17) is 4.74 Å². The van der Waals surface area contributed by atoms with Crippen LogP contribution < -0.4 is 0 Å². The highest BCUT2D eigenvalue weighted by atomic mass is 16.5. The molecule has 0 saturated carbocycles.